The molecule has 5 aromatic rings. The molecule has 5 rings (SSSR count). The molecule has 0 amide bonds. The number of para-hydroxylation sites is 1. The van der Waals surface area contributed by atoms with Crippen LogP contribution in [0.3, 0.4) is 0 Å². The van der Waals surface area contributed by atoms with Crippen LogP contribution in [0.5, 0.6) is 0 Å². The third kappa shape index (κ3) is 3.88. The second-order valence-corrected chi connectivity index (χ2v) is 7.86. The SMILES string of the molecule is C[C@@H](c1cnn(-c2ccccc2F)c1)c1c(C#N)cc2c(N)nc(-c3cnc(C(F)(F)F)nc3)nn12. The fraction of sp³-hybridized carbons (Fsp3) is 0.130. The van der Waals surface area contributed by atoms with Crippen LogP contribution in [-0.4, -0.2) is 34.3 Å². The van der Waals surface area contributed by atoms with Gasteiger partial charge in [0.2, 0.25) is 5.82 Å². The number of alkyl halides is 3. The third-order valence-corrected chi connectivity index (χ3v) is 5.59. The van der Waals surface area contributed by atoms with Crippen LogP contribution in [0, 0.1) is 17.1 Å². The molecule has 13 heteroatoms. The van der Waals surface area contributed by atoms with E-state index < -0.39 is 23.7 Å². The molecular formula is C23H15F4N9. The molecule has 2 N–H and O–H groups in total. The van der Waals surface area contributed by atoms with Crippen LogP contribution in [0.1, 0.15) is 35.5 Å². The molecule has 0 saturated heterocycles. The normalized spacial score (nSPS) is 12.6. The summed E-state index contributed by atoms with van der Waals surface area (Å²) < 4.78 is 55.5. The number of benzene rings is 1. The topological polar surface area (TPSA) is 124 Å². The molecule has 180 valence electrons. The molecule has 0 aliphatic rings. The minimum Gasteiger partial charge on any atom is -0.382 e. The first-order chi connectivity index (χ1) is 17.2. The summed E-state index contributed by atoms with van der Waals surface area (Å²) in [5, 5.41) is 18.4. The number of rotatable bonds is 4. The van der Waals surface area contributed by atoms with Crippen molar-refractivity contribution in [1.29, 1.82) is 5.26 Å². The zero-order valence-electron chi connectivity index (χ0n) is 18.4. The van der Waals surface area contributed by atoms with Gasteiger partial charge in [0.05, 0.1) is 23.0 Å². The van der Waals surface area contributed by atoms with Crippen molar-refractivity contribution >= 4 is 11.3 Å². The van der Waals surface area contributed by atoms with Gasteiger partial charge < -0.3 is 5.73 Å². The summed E-state index contributed by atoms with van der Waals surface area (Å²) in [6, 6.07) is 9.79. The molecule has 0 aliphatic carbocycles. The fourth-order valence-corrected chi connectivity index (χ4v) is 3.80. The largest absolute Gasteiger partial charge is 0.451 e. The van der Waals surface area contributed by atoms with Crippen molar-refractivity contribution in [3.8, 4) is 23.1 Å². The van der Waals surface area contributed by atoms with Gasteiger partial charge in [0.15, 0.2) is 11.6 Å². The maximum absolute atomic E-state index is 14.2. The standard InChI is InChI=1S/C23H15F4N9/c1-12(15-10-32-35(11-15)17-5-3-2-4-16(17)24)19-13(7-28)6-18-20(29)33-21(34-36(18)19)14-8-30-22(31-9-14)23(25,26)27/h2-6,8-12H,1H3,(H2,29,33,34)/t12-/m0/s1. The molecule has 0 unspecified atom stereocenters. The molecule has 4 aromatic heterocycles. The maximum atomic E-state index is 14.2. The Balaban J connectivity index is 1.60. The highest BCUT2D eigenvalue weighted by atomic mass is 19.4. The molecule has 9 nitrogen and oxygen atoms in total. The first kappa shape index (κ1) is 22.9. The summed E-state index contributed by atoms with van der Waals surface area (Å²) in [6.45, 7) is 1.81. The number of nitriles is 1. The lowest BCUT2D eigenvalue weighted by Crippen LogP contribution is -2.11. The summed E-state index contributed by atoms with van der Waals surface area (Å²) in [6.07, 6.45) is 0.394. The van der Waals surface area contributed by atoms with Crippen molar-refractivity contribution in [2.24, 2.45) is 0 Å². The van der Waals surface area contributed by atoms with Crippen LogP contribution in [0.25, 0.3) is 22.6 Å². The molecule has 0 fully saturated rings. The van der Waals surface area contributed by atoms with E-state index in [0.717, 1.165) is 12.4 Å². The first-order valence-electron chi connectivity index (χ1n) is 10.5. The van der Waals surface area contributed by atoms with E-state index in [-0.39, 0.29) is 28.5 Å². The number of nitrogens with two attached hydrogens (primary N) is 1. The van der Waals surface area contributed by atoms with E-state index in [1.165, 1.54) is 21.3 Å². The number of hydrogen-bond donors (Lipinski definition) is 1. The van der Waals surface area contributed by atoms with Crippen LogP contribution in [0.4, 0.5) is 23.4 Å². The average molecular weight is 493 g/mol. The second kappa shape index (κ2) is 8.42. The Labute approximate surface area is 200 Å². The van der Waals surface area contributed by atoms with Crippen LogP contribution in [0.2, 0.25) is 0 Å². The minimum atomic E-state index is -4.69. The van der Waals surface area contributed by atoms with Gasteiger partial charge in [-0.15, -0.1) is 5.10 Å². The zero-order chi connectivity index (χ0) is 25.6. The number of nitrogen functional groups attached to an aromatic ring is 1. The van der Waals surface area contributed by atoms with Crippen LogP contribution < -0.4 is 5.73 Å². The lowest BCUT2D eigenvalue weighted by molar-refractivity contribution is -0.144. The van der Waals surface area contributed by atoms with Gasteiger partial charge in [-0.25, -0.2) is 28.5 Å². The van der Waals surface area contributed by atoms with Crippen molar-refractivity contribution < 1.29 is 17.6 Å². The van der Waals surface area contributed by atoms with E-state index in [4.69, 9.17) is 5.73 Å². The van der Waals surface area contributed by atoms with Gasteiger partial charge in [-0.2, -0.15) is 23.5 Å². The molecule has 4 heterocycles. The number of anilines is 1. The van der Waals surface area contributed by atoms with E-state index >= 15 is 0 Å². The number of nitrogens with zero attached hydrogens (tertiary/aromatic N) is 8. The molecule has 0 aliphatic heterocycles. The van der Waals surface area contributed by atoms with Gasteiger partial charge in [0.25, 0.3) is 0 Å². The van der Waals surface area contributed by atoms with Crippen molar-refractivity contribution in [2.75, 3.05) is 5.73 Å². The van der Waals surface area contributed by atoms with Crippen LogP contribution in [-0.2, 0) is 6.18 Å². The van der Waals surface area contributed by atoms with Crippen LogP contribution in [0.15, 0.2) is 55.1 Å². The first-order valence-corrected chi connectivity index (χ1v) is 10.5. The molecule has 36 heavy (non-hydrogen) atoms. The van der Waals surface area contributed by atoms with E-state index in [2.05, 4.69) is 31.2 Å². The molecule has 0 bridgehead atoms. The number of hydrogen-bond acceptors (Lipinski definition) is 7. The van der Waals surface area contributed by atoms with E-state index in [9.17, 15) is 22.8 Å². The Morgan fingerprint density at radius 3 is 2.50 bits per heavy atom. The maximum Gasteiger partial charge on any atom is 0.451 e. The number of halogens is 4. The summed E-state index contributed by atoms with van der Waals surface area (Å²) in [5.41, 5.74) is 8.18. The Morgan fingerprint density at radius 2 is 1.83 bits per heavy atom. The van der Waals surface area contributed by atoms with E-state index in [1.807, 2.05) is 6.92 Å². The van der Waals surface area contributed by atoms with Gasteiger partial charge in [0, 0.05) is 24.5 Å². The summed E-state index contributed by atoms with van der Waals surface area (Å²) in [7, 11) is 0. The summed E-state index contributed by atoms with van der Waals surface area (Å²) in [4.78, 5) is 10.8. The Bertz CT molecular complexity index is 1630. The van der Waals surface area contributed by atoms with Crippen molar-refractivity contribution in [1.82, 2.24) is 34.3 Å². The zero-order valence-corrected chi connectivity index (χ0v) is 18.4. The molecule has 0 spiro atoms. The molecule has 0 radical (unpaired) electrons. The van der Waals surface area contributed by atoms with Crippen molar-refractivity contribution in [3.63, 3.8) is 0 Å². The number of fused-ring (bicyclic) bond motifs is 1. The lowest BCUT2D eigenvalue weighted by Gasteiger charge is -2.12. The highest BCUT2D eigenvalue weighted by Gasteiger charge is 2.34. The minimum absolute atomic E-state index is 0.0110. The van der Waals surface area contributed by atoms with Gasteiger partial charge >= 0.3 is 6.18 Å². The van der Waals surface area contributed by atoms with Crippen molar-refractivity contribution in [3.05, 3.63) is 83.6 Å². The Morgan fingerprint density at radius 1 is 1.11 bits per heavy atom. The molecule has 1 atom stereocenters. The van der Waals surface area contributed by atoms with E-state index in [0.29, 0.717) is 16.8 Å². The van der Waals surface area contributed by atoms with Crippen LogP contribution >= 0.6 is 0 Å². The molecule has 1 aromatic carbocycles. The van der Waals surface area contributed by atoms with Gasteiger partial charge in [0.1, 0.15) is 23.1 Å². The average Bonchev–Trinajstić information content (AvgIpc) is 3.49. The predicted octanol–water partition coefficient (Wildman–Crippen LogP) is 4.14. The monoisotopic (exact) mass is 493 g/mol. The second-order valence-electron chi connectivity index (χ2n) is 7.86. The summed E-state index contributed by atoms with van der Waals surface area (Å²) in [5.74, 6) is -2.21. The van der Waals surface area contributed by atoms with Gasteiger partial charge in [-0.3, -0.25) is 0 Å². The molecular weight excluding hydrogens is 478 g/mol. The van der Waals surface area contributed by atoms with Crippen molar-refractivity contribution in [2.45, 2.75) is 19.0 Å². The Kier molecular flexibility index (Phi) is 5.36. The number of aromatic nitrogens is 7. The van der Waals surface area contributed by atoms with E-state index in [1.54, 1.807) is 30.6 Å². The Hall–Kier alpha value is -4.86. The third-order valence-electron chi connectivity index (χ3n) is 5.59. The highest BCUT2D eigenvalue weighted by molar-refractivity contribution is 5.72. The predicted molar refractivity (Wildman–Crippen MR) is 119 cm³/mol. The van der Waals surface area contributed by atoms with Gasteiger partial charge in [-0.1, -0.05) is 19.1 Å². The molecule has 0 saturated carbocycles. The summed E-state index contributed by atoms with van der Waals surface area (Å²) >= 11 is 0. The quantitative estimate of drug-likeness (QED) is 0.373. The fourth-order valence-electron chi connectivity index (χ4n) is 3.80. The lowest BCUT2D eigenvalue weighted by atomic mass is 9.98. The smallest absolute Gasteiger partial charge is 0.382 e. The van der Waals surface area contributed by atoms with Gasteiger partial charge in [-0.05, 0) is 23.8 Å². The highest BCUT2D eigenvalue weighted by Crippen LogP contribution is 2.32.